The topological polar surface area (TPSA) is 50.7 Å². The van der Waals surface area contributed by atoms with Gasteiger partial charge in [0.25, 0.3) is 0 Å². The molecule has 0 saturated heterocycles. The van der Waals surface area contributed by atoms with Gasteiger partial charge in [-0.25, -0.2) is 19.3 Å². The lowest BCUT2D eigenvalue weighted by molar-refractivity contribution is 0.596. The molecule has 2 aromatic heterocycles. The lowest BCUT2D eigenvalue weighted by atomic mass is 10.3. The Morgan fingerprint density at radius 2 is 2.10 bits per heavy atom. The molecule has 0 atom stereocenters. The van der Waals surface area contributed by atoms with Crippen LogP contribution < -0.4 is 5.32 Å². The number of rotatable bonds is 5. The minimum atomic E-state index is -0.357. The van der Waals surface area contributed by atoms with E-state index in [2.05, 4.69) is 26.3 Å². The van der Waals surface area contributed by atoms with E-state index in [1.807, 2.05) is 25.1 Å². The van der Waals surface area contributed by atoms with Gasteiger partial charge in [-0.2, -0.15) is 0 Å². The zero-order valence-electron chi connectivity index (χ0n) is 11.6. The second-order valence-electron chi connectivity index (χ2n) is 4.59. The standard InChI is InChI=1S/C15H15FN4S/c1-2-10-14(16)15(19-9-18-10)17-8-7-13-20-11-5-3-4-6-12(11)21-13/h3-6,9H,2,7-8H2,1H3,(H,17,18,19). The predicted octanol–water partition coefficient (Wildman–Crippen LogP) is 3.44. The first-order valence-corrected chi connectivity index (χ1v) is 7.67. The van der Waals surface area contributed by atoms with Crippen molar-refractivity contribution in [2.24, 2.45) is 0 Å². The van der Waals surface area contributed by atoms with Crippen LogP contribution in [-0.4, -0.2) is 21.5 Å². The predicted molar refractivity (Wildman–Crippen MR) is 83.2 cm³/mol. The van der Waals surface area contributed by atoms with Crippen LogP contribution in [0.2, 0.25) is 0 Å². The van der Waals surface area contributed by atoms with Crippen molar-refractivity contribution in [1.82, 2.24) is 15.0 Å². The van der Waals surface area contributed by atoms with Crippen molar-refractivity contribution in [3.8, 4) is 0 Å². The highest BCUT2D eigenvalue weighted by molar-refractivity contribution is 7.18. The van der Waals surface area contributed by atoms with E-state index in [1.165, 1.54) is 11.0 Å². The molecule has 0 amide bonds. The molecule has 1 N–H and O–H groups in total. The van der Waals surface area contributed by atoms with Gasteiger partial charge in [0.1, 0.15) is 6.33 Å². The molecule has 0 aliphatic carbocycles. The molecule has 0 radical (unpaired) electrons. The molecule has 0 bridgehead atoms. The maximum atomic E-state index is 14.0. The summed E-state index contributed by atoms with van der Waals surface area (Å²) >= 11 is 1.67. The quantitative estimate of drug-likeness (QED) is 0.784. The fourth-order valence-electron chi connectivity index (χ4n) is 2.09. The number of fused-ring (bicyclic) bond motifs is 1. The molecule has 1 aromatic carbocycles. The first-order chi connectivity index (χ1) is 10.3. The van der Waals surface area contributed by atoms with Gasteiger partial charge in [0, 0.05) is 13.0 Å². The number of para-hydroxylation sites is 1. The van der Waals surface area contributed by atoms with Crippen LogP contribution in [0.1, 0.15) is 17.6 Å². The molecular formula is C15H15FN4S. The molecule has 0 unspecified atom stereocenters. The van der Waals surface area contributed by atoms with Crippen LogP contribution >= 0.6 is 11.3 Å². The van der Waals surface area contributed by atoms with Crippen molar-refractivity contribution in [3.63, 3.8) is 0 Å². The summed E-state index contributed by atoms with van der Waals surface area (Å²) in [5.41, 5.74) is 1.45. The number of nitrogens with one attached hydrogen (secondary N) is 1. The number of anilines is 1. The second kappa shape index (κ2) is 6.13. The molecule has 21 heavy (non-hydrogen) atoms. The van der Waals surface area contributed by atoms with Crippen LogP contribution in [0.4, 0.5) is 10.2 Å². The van der Waals surface area contributed by atoms with Crippen LogP contribution in [-0.2, 0) is 12.8 Å². The first-order valence-electron chi connectivity index (χ1n) is 6.85. The number of thiazole rings is 1. The largest absolute Gasteiger partial charge is 0.367 e. The molecule has 4 nitrogen and oxygen atoms in total. The Hall–Kier alpha value is -2.08. The highest BCUT2D eigenvalue weighted by atomic mass is 32.1. The van der Waals surface area contributed by atoms with Crippen molar-refractivity contribution < 1.29 is 4.39 Å². The highest BCUT2D eigenvalue weighted by Crippen LogP contribution is 2.22. The Bertz CT molecular complexity index is 723. The summed E-state index contributed by atoms with van der Waals surface area (Å²) in [5, 5.41) is 4.06. The number of aryl methyl sites for hydroxylation is 1. The van der Waals surface area contributed by atoms with E-state index >= 15 is 0 Å². The Morgan fingerprint density at radius 1 is 1.24 bits per heavy atom. The van der Waals surface area contributed by atoms with Gasteiger partial charge < -0.3 is 5.32 Å². The van der Waals surface area contributed by atoms with Crippen LogP contribution in [0.5, 0.6) is 0 Å². The minimum absolute atomic E-state index is 0.267. The van der Waals surface area contributed by atoms with Gasteiger partial charge in [0.2, 0.25) is 0 Å². The van der Waals surface area contributed by atoms with Crippen molar-refractivity contribution in [3.05, 3.63) is 47.1 Å². The third-order valence-electron chi connectivity index (χ3n) is 3.17. The molecule has 2 heterocycles. The van der Waals surface area contributed by atoms with E-state index in [0.29, 0.717) is 18.7 Å². The molecule has 0 aliphatic rings. The van der Waals surface area contributed by atoms with Crippen LogP contribution in [0.25, 0.3) is 10.2 Å². The zero-order chi connectivity index (χ0) is 14.7. The van der Waals surface area contributed by atoms with E-state index in [4.69, 9.17) is 0 Å². The summed E-state index contributed by atoms with van der Waals surface area (Å²) in [5.74, 6) is -0.0905. The number of hydrogen-bond donors (Lipinski definition) is 1. The van der Waals surface area contributed by atoms with E-state index in [0.717, 1.165) is 16.9 Å². The van der Waals surface area contributed by atoms with Crippen molar-refractivity contribution in [2.45, 2.75) is 19.8 Å². The average Bonchev–Trinajstić information content (AvgIpc) is 2.91. The fourth-order valence-corrected chi connectivity index (χ4v) is 3.06. The smallest absolute Gasteiger partial charge is 0.186 e. The Labute approximate surface area is 126 Å². The number of aromatic nitrogens is 3. The third-order valence-corrected chi connectivity index (χ3v) is 4.26. The number of benzene rings is 1. The molecule has 0 fully saturated rings. The fraction of sp³-hybridized carbons (Fsp3) is 0.267. The lowest BCUT2D eigenvalue weighted by Gasteiger charge is -2.07. The van der Waals surface area contributed by atoms with Gasteiger partial charge >= 0.3 is 0 Å². The number of nitrogens with zero attached hydrogens (tertiary/aromatic N) is 3. The van der Waals surface area contributed by atoms with E-state index in [-0.39, 0.29) is 11.6 Å². The summed E-state index contributed by atoms with van der Waals surface area (Å²) in [6.45, 7) is 2.47. The van der Waals surface area contributed by atoms with Gasteiger partial charge in [-0.05, 0) is 18.6 Å². The SMILES string of the molecule is CCc1ncnc(NCCc2nc3ccccc3s2)c1F. The minimum Gasteiger partial charge on any atom is -0.367 e. The maximum Gasteiger partial charge on any atom is 0.186 e. The first kappa shape index (κ1) is 13.9. The normalized spacial score (nSPS) is 11.0. The van der Waals surface area contributed by atoms with E-state index in [1.54, 1.807) is 11.3 Å². The summed E-state index contributed by atoms with van der Waals surface area (Å²) < 4.78 is 15.1. The van der Waals surface area contributed by atoms with Crippen LogP contribution in [0.15, 0.2) is 30.6 Å². The maximum absolute atomic E-state index is 14.0. The Kier molecular flexibility index (Phi) is 4.06. The summed E-state index contributed by atoms with van der Waals surface area (Å²) in [4.78, 5) is 12.4. The Morgan fingerprint density at radius 3 is 2.90 bits per heavy atom. The molecule has 6 heteroatoms. The van der Waals surface area contributed by atoms with E-state index < -0.39 is 0 Å². The van der Waals surface area contributed by atoms with Crippen molar-refractivity contribution >= 4 is 27.4 Å². The molecule has 3 rings (SSSR count). The average molecular weight is 302 g/mol. The van der Waals surface area contributed by atoms with Crippen molar-refractivity contribution in [2.75, 3.05) is 11.9 Å². The number of hydrogen-bond acceptors (Lipinski definition) is 5. The van der Waals surface area contributed by atoms with Gasteiger partial charge in [0.15, 0.2) is 11.6 Å². The molecule has 0 spiro atoms. The van der Waals surface area contributed by atoms with Gasteiger partial charge in [-0.1, -0.05) is 19.1 Å². The second-order valence-corrected chi connectivity index (χ2v) is 5.70. The van der Waals surface area contributed by atoms with Crippen LogP contribution in [0, 0.1) is 5.82 Å². The molecular weight excluding hydrogens is 287 g/mol. The summed E-state index contributed by atoms with van der Waals surface area (Å²) in [7, 11) is 0. The summed E-state index contributed by atoms with van der Waals surface area (Å²) in [6, 6.07) is 8.04. The number of halogens is 1. The molecule has 0 saturated carbocycles. The monoisotopic (exact) mass is 302 g/mol. The van der Waals surface area contributed by atoms with Crippen LogP contribution in [0.3, 0.4) is 0 Å². The highest BCUT2D eigenvalue weighted by Gasteiger charge is 2.09. The van der Waals surface area contributed by atoms with Crippen molar-refractivity contribution in [1.29, 1.82) is 0 Å². The molecule has 108 valence electrons. The van der Waals surface area contributed by atoms with Gasteiger partial charge in [0.05, 0.1) is 20.9 Å². The molecule has 0 aliphatic heterocycles. The Balaban J connectivity index is 1.66. The molecule has 3 aromatic rings. The summed E-state index contributed by atoms with van der Waals surface area (Å²) in [6.07, 6.45) is 2.69. The van der Waals surface area contributed by atoms with E-state index in [9.17, 15) is 4.39 Å². The lowest BCUT2D eigenvalue weighted by Crippen LogP contribution is -2.10. The van der Waals surface area contributed by atoms with Gasteiger partial charge in [-0.3, -0.25) is 0 Å². The third kappa shape index (κ3) is 3.00. The van der Waals surface area contributed by atoms with Gasteiger partial charge in [-0.15, -0.1) is 11.3 Å². The zero-order valence-corrected chi connectivity index (χ0v) is 12.5.